The lowest BCUT2D eigenvalue weighted by Crippen LogP contribution is -2.34. The molecule has 2 N–H and O–H groups in total. The van der Waals surface area contributed by atoms with Crippen LogP contribution in [0.15, 0.2) is 60.7 Å². The smallest absolute Gasteiger partial charge is 0.234 e. The lowest BCUT2D eigenvalue weighted by Gasteiger charge is -2.07. The molecule has 0 fully saturated rings. The Labute approximate surface area is 126 Å². The predicted molar refractivity (Wildman–Crippen MR) is 85.9 cm³/mol. The molecule has 1 amide bonds. The minimum absolute atomic E-state index is 0.0403. The number of rotatable bonds is 8. The molecule has 0 spiro atoms. The second-order valence-electron chi connectivity index (χ2n) is 5.03. The van der Waals surface area contributed by atoms with Gasteiger partial charge >= 0.3 is 0 Å². The van der Waals surface area contributed by atoms with Crippen molar-refractivity contribution in [2.75, 3.05) is 13.1 Å². The van der Waals surface area contributed by atoms with Gasteiger partial charge in [-0.25, -0.2) is 0 Å². The Bertz CT molecular complexity index is 525. The number of hydrogen-bond acceptors (Lipinski definition) is 2. The summed E-state index contributed by atoms with van der Waals surface area (Å²) >= 11 is 0. The van der Waals surface area contributed by atoms with Crippen molar-refractivity contribution in [3.05, 3.63) is 71.8 Å². The van der Waals surface area contributed by atoms with Crippen LogP contribution >= 0.6 is 0 Å². The van der Waals surface area contributed by atoms with E-state index in [0.717, 1.165) is 24.9 Å². The lowest BCUT2D eigenvalue weighted by atomic mass is 10.1. The molecule has 2 aromatic rings. The maximum Gasteiger partial charge on any atom is 0.234 e. The van der Waals surface area contributed by atoms with Crippen LogP contribution in [0, 0.1) is 0 Å². The van der Waals surface area contributed by atoms with E-state index in [1.165, 1.54) is 5.56 Å². The molecule has 0 radical (unpaired) electrons. The minimum atomic E-state index is 0.0403. The Morgan fingerprint density at radius 2 is 1.48 bits per heavy atom. The third kappa shape index (κ3) is 6.23. The second-order valence-corrected chi connectivity index (χ2v) is 5.03. The molecule has 0 unspecified atom stereocenters. The molecule has 3 nitrogen and oxygen atoms in total. The van der Waals surface area contributed by atoms with E-state index in [4.69, 9.17) is 0 Å². The number of aryl methyl sites for hydroxylation is 1. The molecule has 21 heavy (non-hydrogen) atoms. The van der Waals surface area contributed by atoms with Crippen LogP contribution < -0.4 is 10.6 Å². The summed E-state index contributed by atoms with van der Waals surface area (Å²) in [4.78, 5) is 11.7. The molecule has 0 heterocycles. The molecular weight excluding hydrogens is 260 g/mol. The van der Waals surface area contributed by atoms with Crippen LogP contribution in [-0.4, -0.2) is 19.0 Å². The summed E-state index contributed by atoms with van der Waals surface area (Å²) in [5.41, 5.74) is 2.46. The first-order chi connectivity index (χ1) is 10.3. The zero-order valence-corrected chi connectivity index (χ0v) is 12.2. The molecule has 0 aliphatic carbocycles. The fourth-order valence-corrected chi connectivity index (χ4v) is 2.12. The summed E-state index contributed by atoms with van der Waals surface area (Å²) in [6.07, 6.45) is 2.08. The Morgan fingerprint density at radius 1 is 0.857 bits per heavy atom. The number of hydrogen-bond donors (Lipinski definition) is 2. The third-order valence-electron chi connectivity index (χ3n) is 3.28. The van der Waals surface area contributed by atoms with E-state index in [2.05, 4.69) is 34.9 Å². The fraction of sp³-hybridized carbons (Fsp3) is 0.278. The molecule has 0 aliphatic heterocycles. The average molecular weight is 282 g/mol. The van der Waals surface area contributed by atoms with Gasteiger partial charge in [0.15, 0.2) is 0 Å². The lowest BCUT2D eigenvalue weighted by molar-refractivity contribution is -0.120. The summed E-state index contributed by atoms with van der Waals surface area (Å²) in [7, 11) is 0. The highest BCUT2D eigenvalue weighted by atomic mass is 16.1. The van der Waals surface area contributed by atoms with Gasteiger partial charge in [0.2, 0.25) is 5.91 Å². The summed E-state index contributed by atoms with van der Waals surface area (Å²) in [5, 5.41) is 6.09. The van der Waals surface area contributed by atoms with Gasteiger partial charge in [-0.3, -0.25) is 4.79 Å². The van der Waals surface area contributed by atoms with Crippen LogP contribution in [0.5, 0.6) is 0 Å². The van der Waals surface area contributed by atoms with Gasteiger partial charge < -0.3 is 10.6 Å². The van der Waals surface area contributed by atoms with Crippen molar-refractivity contribution in [2.24, 2.45) is 0 Å². The first kappa shape index (κ1) is 15.3. The highest BCUT2D eigenvalue weighted by Crippen LogP contribution is 2.01. The first-order valence-electron chi connectivity index (χ1n) is 7.40. The molecular formula is C18H22N2O. The van der Waals surface area contributed by atoms with Gasteiger partial charge in [0.25, 0.3) is 0 Å². The van der Waals surface area contributed by atoms with Gasteiger partial charge in [0, 0.05) is 6.54 Å². The highest BCUT2D eigenvalue weighted by molar-refractivity contribution is 5.77. The second kappa shape index (κ2) is 8.93. The van der Waals surface area contributed by atoms with E-state index < -0.39 is 0 Å². The molecule has 2 aromatic carbocycles. The molecule has 3 heteroatoms. The number of benzene rings is 2. The van der Waals surface area contributed by atoms with Crippen molar-refractivity contribution in [3.63, 3.8) is 0 Å². The quantitative estimate of drug-likeness (QED) is 0.731. The van der Waals surface area contributed by atoms with Crippen molar-refractivity contribution in [1.29, 1.82) is 0 Å². The van der Waals surface area contributed by atoms with Crippen LogP contribution in [0.1, 0.15) is 17.5 Å². The number of amides is 1. The van der Waals surface area contributed by atoms with Crippen LogP contribution in [-0.2, 0) is 17.8 Å². The van der Waals surface area contributed by atoms with Gasteiger partial charge in [0.1, 0.15) is 0 Å². The van der Waals surface area contributed by atoms with E-state index >= 15 is 0 Å². The predicted octanol–water partition coefficient (Wildman–Crippen LogP) is 2.53. The summed E-state index contributed by atoms with van der Waals surface area (Å²) in [5.74, 6) is 0.0403. The normalized spacial score (nSPS) is 10.3. The van der Waals surface area contributed by atoms with Crippen molar-refractivity contribution in [1.82, 2.24) is 10.6 Å². The molecule has 0 bridgehead atoms. The molecule has 0 aliphatic rings. The van der Waals surface area contributed by atoms with Crippen molar-refractivity contribution >= 4 is 5.91 Å². The number of carbonyl (C=O) groups is 1. The molecule has 0 saturated carbocycles. The third-order valence-corrected chi connectivity index (χ3v) is 3.28. The van der Waals surface area contributed by atoms with E-state index in [1.807, 2.05) is 36.4 Å². The van der Waals surface area contributed by atoms with Crippen LogP contribution in [0.3, 0.4) is 0 Å². The van der Waals surface area contributed by atoms with Crippen LogP contribution in [0.4, 0.5) is 0 Å². The zero-order valence-electron chi connectivity index (χ0n) is 12.2. The summed E-state index contributed by atoms with van der Waals surface area (Å²) in [6, 6.07) is 20.3. The summed E-state index contributed by atoms with van der Waals surface area (Å²) < 4.78 is 0. The number of nitrogens with one attached hydrogen (secondary N) is 2. The van der Waals surface area contributed by atoms with E-state index in [1.54, 1.807) is 0 Å². The monoisotopic (exact) mass is 282 g/mol. The van der Waals surface area contributed by atoms with E-state index in [9.17, 15) is 4.79 Å². The first-order valence-corrected chi connectivity index (χ1v) is 7.40. The van der Waals surface area contributed by atoms with Crippen LogP contribution in [0.25, 0.3) is 0 Å². The maximum atomic E-state index is 11.7. The van der Waals surface area contributed by atoms with Crippen molar-refractivity contribution in [2.45, 2.75) is 19.4 Å². The SMILES string of the molecule is O=C(CNCCCc1ccccc1)NCc1ccccc1. The standard InChI is InChI=1S/C18H22N2O/c21-18(20-14-17-10-5-2-6-11-17)15-19-13-7-12-16-8-3-1-4-9-16/h1-6,8-11,19H,7,12-15H2,(H,20,21). The highest BCUT2D eigenvalue weighted by Gasteiger charge is 2.00. The Kier molecular flexibility index (Phi) is 6.49. The van der Waals surface area contributed by atoms with Crippen molar-refractivity contribution < 1.29 is 4.79 Å². The fourth-order valence-electron chi connectivity index (χ4n) is 2.12. The largest absolute Gasteiger partial charge is 0.351 e. The van der Waals surface area contributed by atoms with Gasteiger partial charge in [0.05, 0.1) is 6.54 Å². The van der Waals surface area contributed by atoms with Gasteiger partial charge in [-0.15, -0.1) is 0 Å². The minimum Gasteiger partial charge on any atom is -0.351 e. The summed E-state index contributed by atoms with van der Waals surface area (Å²) in [6.45, 7) is 1.82. The molecule has 0 aromatic heterocycles. The molecule has 0 saturated heterocycles. The Morgan fingerprint density at radius 3 is 2.14 bits per heavy atom. The zero-order chi connectivity index (χ0) is 14.8. The number of carbonyl (C=O) groups excluding carboxylic acids is 1. The average Bonchev–Trinajstić information content (AvgIpc) is 2.54. The molecule has 2 rings (SSSR count). The van der Waals surface area contributed by atoms with Crippen molar-refractivity contribution in [3.8, 4) is 0 Å². The Hall–Kier alpha value is -2.13. The molecule has 0 atom stereocenters. The van der Waals surface area contributed by atoms with E-state index in [0.29, 0.717) is 13.1 Å². The maximum absolute atomic E-state index is 11.7. The van der Waals surface area contributed by atoms with Gasteiger partial charge in [-0.05, 0) is 30.5 Å². The van der Waals surface area contributed by atoms with Gasteiger partial charge in [-0.2, -0.15) is 0 Å². The van der Waals surface area contributed by atoms with E-state index in [-0.39, 0.29) is 5.91 Å². The molecule has 110 valence electrons. The Balaban J connectivity index is 1.53. The van der Waals surface area contributed by atoms with Gasteiger partial charge in [-0.1, -0.05) is 60.7 Å². The van der Waals surface area contributed by atoms with Crippen LogP contribution in [0.2, 0.25) is 0 Å². The topological polar surface area (TPSA) is 41.1 Å².